The minimum absolute atomic E-state index is 0. The van der Waals surface area contributed by atoms with Gasteiger partial charge in [0, 0.05) is 11.9 Å². The maximum atomic E-state index is 13.5. The molecule has 0 aliphatic carbocycles. The van der Waals surface area contributed by atoms with Crippen molar-refractivity contribution in [1.82, 2.24) is 19.7 Å². The fourth-order valence-corrected chi connectivity index (χ4v) is 3.47. The number of hydrogen-bond donors (Lipinski definition) is 0. The van der Waals surface area contributed by atoms with Gasteiger partial charge in [-0.1, -0.05) is 38.6 Å². The van der Waals surface area contributed by atoms with Crippen molar-refractivity contribution < 1.29 is 29.8 Å². The molecule has 0 spiro atoms. The van der Waals surface area contributed by atoms with E-state index in [-0.39, 0.29) is 32.2 Å². The van der Waals surface area contributed by atoms with Crippen molar-refractivity contribution in [3.05, 3.63) is 95.7 Å². The second-order valence-corrected chi connectivity index (χ2v) is 9.30. The van der Waals surface area contributed by atoms with Gasteiger partial charge in [-0.3, -0.25) is 4.68 Å². The summed E-state index contributed by atoms with van der Waals surface area (Å²) < 4.78 is 28.4. The van der Waals surface area contributed by atoms with Crippen molar-refractivity contribution in [1.29, 1.82) is 0 Å². The maximum absolute atomic E-state index is 13.5. The largest absolute Gasteiger partial charge is 2.00 e. The molecule has 4 nitrogen and oxygen atoms in total. The molecule has 1 aromatic carbocycles. The molecule has 0 radical (unpaired) electrons. The maximum Gasteiger partial charge on any atom is 2.00 e. The van der Waals surface area contributed by atoms with Gasteiger partial charge in [0.25, 0.3) is 0 Å². The first-order chi connectivity index (χ1) is 15.0. The molecule has 3 heterocycles. The summed E-state index contributed by atoms with van der Waals surface area (Å²) in [5.74, 6) is -1.94. The standard InChI is InChI=1S/C26H24F2N4.Pt/c1-25(2,3)18-9-6-8-17(14-18)20-10-7-11-21(29-20)26(4,5)22-12-13-32(31-22)19-15-23(27)30-24(28)16-19;/h6-7,9-15H,1-5H3;/q-2;+2. The van der Waals surface area contributed by atoms with Gasteiger partial charge in [0.05, 0.1) is 11.1 Å². The molecular formula is C26H24F2N4Pt. The Hall–Kier alpha value is -2.72. The van der Waals surface area contributed by atoms with E-state index in [1.54, 1.807) is 6.20 Å². The Morgan fingerprint density at radius 2 is 1.67 bits per heavy atom. The first-order valence-electron chi connectivity index (χ1n) is 10.4. The molecule has 0 bridgehead atoms. The zero-order valence-corrected chi connectivity index (χ0v) is 21.3. The molecular weight excluding hydrogens is 601 g/mol. The summed E-state index contributed by atoms with van der Waals surface area (Å²) in [6.45, 7) is 10.5. The van der Waals surface area contributed by atoms with Crippen molar-refractivity contribution in [2.24, 2.45) is 0 Å². The SMILES string of the molecule is CC(C)(C)c1cc[c-]c(-c2cccc(C(C)(C)c3ccn(-c4[c-]c(F)nc(F)c4)n3)n2)c1.[Pt+2]. The van der Waals surface area contributed by atoms with E-state index in [0.717, 1.165) is 23.0 Å². The topological polar surface area (TPSA) is 43.6 Å². The van der Waals surface area contributed by atoms with E-state index in [9.17, 15) is 8.78 Å². The summed E-state index contributed by atoms with van der Waals surface area (Å²) in [7, 11) is 0. The van der Waals surface area contributed by atoms with Gasteiger partial charge in [0.1, 0.15) is 11.9 Å². The van der Waals surface area contributed by atoms with Crippen LogP contribution < -0.4 is 0 Å². The molecule has 33 heavy (non-hydrogen) atoms. The Kier molecular flexibility index (Phi) is 6.99. The molecule has 3 aromatic heterocycles. The van der Waals surface area contributed by atoms with E-state index < -0.39 is 17.3 Å². The van der Waals surface area contributed by atoms with Crippen LogP contribution in [0.5, 0.6) is 0 Å². The van der Waals surface area contributed by atoms with Crippen LogP contribution >= 0.6 is 0 Å². The number of nitrogens with zero attached hydrogens (tertiary/aromatic N) is 4. The summed E-state index contributed by atoms with van der Waals surface area (Å²) in [4.78, 5) is 7.99. The van der Waals surface area contributed by atoms with Gasteiger partial charge in [-0.25, -0.2) is 13.8 Å². The van der Waals surface area contributed by atoms with Crippen LogP contribution in [0.4, 0.5) is 8.78 Å². The summed E-state index contributed by atoms with van der Waals surface area (Å²) in [5.41, 5.74) is 4.12. The third-order valence-corrected chi connectivity index (χ3v) is 5.50. The van der Waals surface area contributed by atoms with E-state index >= 15 is 0 Å². The quantitative estimate of drug-likeness (QED) is 0.212. The first-order valence-corrected chi connectivity index (χ1v) is 10.4. The van der Waals surface area contributed by atoms with Crippen molar-refractivity contribution >= 4 is 0 Å². The number of halogens is 2. The summed E-state index contributed by atoms with van der Waals surface area (Å²) in [5, 5.41) is 4.54. The average Bonchev–Trinajstić information content (AvgIpc) is 3.24. The van der Waals surface area contributed by atoms with Crippen molar-refractivity contribution in [3.8, 4) is 16.9 Å². The number of rotatable bonds is 4. The number of pyridine rings is 2. The van der Waals surface area contributed by atoms with E-state index in [0.29, 0.717) is 5.69 Å². The second-order valence-electron chi connectivity index (χ2n) is 9.30. The Balaban J connectivity index is 0.00000306. The van der Waals surface area contributed by atoms with Gasteiger partial charge in [0.15, 0.2) is 0 Å². The molecule has 0 saturated heterocycles. The van der Waals surface area contributed by atoms with Crippen molar-refractivity contribution in [2.75, 3.05) is 0 Å². The Labute approximate surface area is 207 Å². The Morgan fingerprint density at radius 3 is 2.36 bits per heavy atom. The van der Waals surface area contributed by atoms with Crippen molar-refractivity contribution in [2.45, 2.75) is 45.4 Å². The number of benzene rings is 1. The molecule has 0 atom stereocenters. The molecule has 0 aliphatic heterocycles. The number of aromatic nitrogens is 4. The molecule has 0 unspecified atom stereocenters. The molecule has 4 rings (SSSR count). The molecule has 0 aliphatic rings. The van der Waals surface area contributed by atoms with E-state index in [4.69, 9.17) is 4.98 Å². The Bertz CT molecular complexity index is 1260. The van der Waals surface area contributed by atoms with Crippen LogP contribution in [0.3, 0.4) is 0 Å². The summed E-state index contributed by atoms with van der Waals surface area (Å²) >= 11 is 0. The fourth-order valence-electron chi connectivity index (χ4n) is 3.47. The van der Waals surface area contributed by atoms with Gasteiger partial charge in [-0.15, -0.1) is 41.5 Å². The van der Waals surface area contributed by atoms with E-state index in [2.05, 4.69) is 55.1 Å². The van der Waals surface area contributed by atoms with Gasteiger partial charge in [-0.05, 0) is 37.1 Å². The van der Waals surface area contributed by atoms with Gasteiger partial charge in [-0.2, -0.15) is 11.2 Å². The minimum atomic E-state index is -1.01. The average molecular weight is 626 g/mol. The second kappa shape index (κ2) is 9.26. The first kappa shape index (κ1) is 24.9. The zero-order chi connectivity index (χ0) is 23.1. The van der Waals surface area contributed by atoms with Crippen molar-refractivity contribution in [3.63, 3.8) is 0 Å². The summed E-state index contributed by atoms with van der Waals surface area (Å²) in [6, 6.07) is 20.6. The normalized spacial score (nSPS) is 11.8. The molecule has 0 fully saturated rings. The molecule has 0 saturated carbocycles. The minimum Gasteiger partial charge on any atom is -0.300 e. The molecule has 7 heteroatoms. The van der Waals surface area contributed by atoms with Gasteiger partial charge >= 0.3 is 21.1 Å². The van der Waals surface area contributed by atoms with Crippen LogP contribution in [-0.2, 0) is 31.9 Å². The predicted octanol–water partition coefficient (Wildman–Crippen LogP) is 5.83. The molecule has 0 amide bonds. The molecule has 4 aromatic rings. The fraction of sp³-hybridized carbons (Fsp3) is 0.269. The van der Waals surface area contributed by atoms with Crippen LogP contribution in [-0.4, -0.2) is 19.7 Å². The van der Waals surface area contributed by atoms with Crippen LogP contribution in [0, 0.1) is 24.0 Å². The smallest absolute Gasteiger partial charge is 0.300 e. The van der Waals surface area contributed by atoms with E-state index in [1.165, 1.54) is 10.2 Å². The monoisotopic (exact) mass is 625 g/mol. The molecule has 0 N–H and O–H groups in total. The Morgan fingerprint density at radius 1 is 0.909 bits per heavy atom. The molecule has 172 valence electrons. The van der Waals surface area contributed by atoms with Gasteiger partial charge in [0.2, 0.25) is 0 Å². The van der Waals surface area contributed by atoms with Crippen LogP contribution in [0.15, 0.2) is 54.7 Å². The third kappa shape index (κ3) is 5.27. The van der Waals surface area contributed by atoms with Crippen LogP contribution in [0.2, 0.25) is 0 Å². The van der Waals surface area contributed by atoms with Gasteiger partial charge < -0.3 is 4.98 Å². The van der Waals surface area contributed by atoms with E-state index in [1.807, 2.05) is 44.2 Å². The summed E-state index contributed by atoms with van der Waals surface area (Å²) in [6.07, 6.45) is 1.65. The zero-order valence-electron chi connectivity index (χ0n) is 19.1. The predicted molar refractivity (Wildman–Crippen MR) is 119 cm³/mol. The van der Waals surface area contributed by atoms with Crippen LogP contribution in [0.1, 0.15) is 51.6 Å². The number of hydrogen-bond acceptors (Lipinski definition) is 3. The van der Waals surface area contributed by atoms with Crippen LogP contribution in [0.25, 0.3) is 16.9 Å². The third-order valence-electron chi connectivity index (χ3n) is 5.50.